The number of benzene rings is 1. The smallest absolute Gasteiger partial charge is 0.286 e. The van der Waals surface area contributed by atoms with Gasteiger partial charge in [0.15, 0.2) is 11.5 Å². The molecule has 0 aliphatic carbocycles. The molecule has 1 fully saturated rings. The van der Waals surface area contributed by atoms with Crippen molar-refractivity contribution in [3.05, 3.63) is 27.8 Å². The summed E-state index contributed by atoms with van der Waals surface area (Å²) in [6.45, 7) is 4.76. The Bertz CT molecular complexity index is 602. The lowest BCUT2D eigenvalue weighted by atomic mass is 10.0. The van der Waals surface area contributed by atoms with Crippen molar-refractivity contribution < 1.29 is 19.2 Å². The highest BCUT2D eigenvalue weighted by Crippen LogP contribution is 2.36. The number of piperidine rings is 1. The van der Waals surface area contributed by atoms with Gasteiger partial charge in [0.25, 0.3) is 11.6 Å². The Morgan fingerprint density at radius 1 is 1.39 bits per heavy atom. The van der Waals surface area contributed by atoms with Crippen molar-refractivity contribution in [3.8, 4) is 11.5 Å². The van der Waals surface area contributed by atoms with Crippen LogP contribution in [0.4, 0.5) is 5.69 Å². The summed E-state index contributed by atoms with van der Waals surface area (Å²) >= 11 is 0. The third-order valence-electron chi connectivity index (χ3n) is 4.07. The molecule has 7 nitrogen and oxygen atoms in total. The maximum absolute atomic E-state index is 12.8. The van der Waals surface area contributed by atoms with E-state index in [1.54, 1.807) is 11.8 Å². The van der Waals surface area contributed by atoms with Gasteiger partial charge < -0.3 is 14.4 Å². The highest BCUT2D eigenvalue weighted by atomic mass is 16.6. The fourth-order valence-electron chi connectivity index (χ4n) is 2.85. The van der Waals surface area contributed by atoms with Crippen molar-refractivity contribution in [2.45, 2.75) is 39.2 Å². The van der Waals surface area contributed by atoms with Gasteiger partial charge in [-0.1, -0.05) is 0 Å². The number of amides is 1. The molecule has 1 aliphatic heterocycles. The summed E-state index contributed by atoms with van der Waals surface area (Å²) in [5, 5.41) is 11.4. The van der Waals surface area contributed by atoms with Crippen LogP contribution in [0.25, 0.3) is 0 Å². The van der Waals surface area contributed by atoms with E-state index in [0.717, 1.165) is 19.3 Å². The van der Waals surface area contributed by atoms with Crippen LogP contribution in [-0.2, 0) is 0 Å². The van der Waals surface area contributed by atoms with Gasteiger partial charge in [0.2, 0.25) is 0 Å². The van der Waals surface area contributed by atoms with Crippen molar-refractivity contribution in [3.63, 3.8) is 0 Å². The van der Waals surface area contributed by atoms with Crippen LogP contribution in [0.15, 0.2) is 12.1 Å². The minimum Gasteiger partial charge on any atom is -0.493 e. The number of nitrogens with zero attached hydrogens (tertiary/aromatic N) is 2. The zero-order valence-electron chi connectivity index (χ0n) is 13.7. The number of ether oxygens (including phenoxy) is 2. The number of hydrogen-bond donors (Lipinski definition) is 0. The lowest BCUT2D eigenvalue weighted by Gasteiger charge is -2.33. The minimum absolute atomic E-state index is 0.0491. The monoisotopic (exact) mass is 322 g/mol. The molecular weight excluding hydrogens is 300 g/mol. The van der Waals surface area contributed by atoms with E-state index in [2.05, 4.69) is 0 Å². The molecule has 1 saturated heterocycles. The molecule has 7 heteroatoms. The van der Waals surface area contributed by atoms with E-state index in [4.69, 9.17) is 9.47 Å². The zero-order valence-corrected chi connectivity index (χ0v) is 13.7. The summed E-state index contributed by atoms with van der Waals surface area (Å²) in [5.74, 6) is 0.267. The fraction of sp³-hybridized carbons (Fsp3) is 0.562. The van der Waals surface area contributed by atoms with E-state index in [0.29, 0.717) is 18.9 Å². The molecule has 1 heterocycles. The van der Waals surface area contributed by atoms with Crippen LogP contribution in [-0.4, -0.2) is 42.0 Å². The Morgan fingerprint density at radius 2 is 2.13 bits per heavy atom. The van der Waals surface area contributed by atoms with Crippen molar-refractivity contribution in [2.24, 2.45) is 0 Å². The first-order valence-corrected chi connectivity index (χ1v) is 7.79. The number of hydrogen-bond acceptors (Lipinski definition) is 5. The van der Waals surface area contributed by atoms with Gasteiger partial charge in [-0.25, -0.2) is 0 Å². The highest BCUT2D eigenvalue weighted by molar-refractivity contribution is 5.99. The first kappa shape index (κ1) is 17.1. The van der Waals surface area contributed by atoms with Gasteiger partial charge in [-0.3, -0.25) is 14.9 Å². The largest absolute Gasteiger partial charge is 0.493 e. The number of rotatable bonds is 5. The first-order chi connectivity index (χ1) is 11.0. The number of nitro groups is 1. The number of carbonyl (C=O) groups is 1. The molecule has 1 unspecified atom stereocenters. The van der Waals surface area contributed by atoms with Crippen LogP contribution in [0, 0.1) is 10.1 Å². The van der Waals surface area contributed by atoms with Crippen LogP contribution in [0.2, 0.25) is 0 Å². The van der Waals surface area contributed by atoms with Crippen LogP contribution >= 0.6 is 0 Å². The molecule has 0 bridgehead atoms. The molecule has 0 radical (unpaired) electrons. The zero-order chi connectivity index (χ0) is 17.0. The van der Waals surface area contributed by atoms with Crippen LogP contribution in [0.3, 0.4) is 0 Å². The third-order valence-corrected chi connectivity index (χ3v) is 4.07. The van der Waals surface area contributed by atoms with E-state index in [-0.39, 0.29) is 28.9 Å². The molecule has 2 rings (SSSR count). The topological polar surface area (TPSA) is 81.9 Å². The van der Waals surface area contributed by atoms with Crippen molar-refractivity contribution >= 4 is 11.6 Å². The van der Waals surface area contributed by atoms with Crippen LogP contribution < -0.4 is 9.47 Å². The molecule has 0 saturated carbocycles. The van der Waals surface area contributed by atoms with E-state index in [9.17, 15) is 14.9 Å². The average molecular weight is 322 g/mol. The number of methoxy groups -OCH3 is 1. The molecule has 1 aromatic rings. The molecule has 0 spiro atoms. The first-order valence-electron chi connectivity index (χ1n) is 7.79. The Balaban J connectivity index is 2.47. The summed E-state index contributed by atoms with van der Waals surface area (Å²) in [6, 6.07) is 2.75. The second-order valence-electron chi connectivity index (χ2n) is 5.55. The van der Waals surface area contributed by atoms with E-state index in [1.165, 1.54) is 19.2 Å². The van der Waals surface area contributed by atoms with Crippen LogP contribution in [0.5, 0.6) is 11.5 Å². The molecule has 1 aromatic carbocycles. The summed E-state index contributed by atoms with van der Waals surface area (Å²) in [6.07, 6.45) is 2.90. The number of carbonyl (C=O) groups excluding carboxylic acids is 1. The molecule has 23 heavy (non-hydrogen) atoms. The Hall–Kier alpha value is -2.31. The van der Waals surface area contributed by atoms with E-state index >= 15 is 0 Å². The standard InChI is InChI=1S/C16H22N2O5/c1-4-23-15-9-12(13(18(20)21)10-14(15)22-3)16(19)17-8-6-5-7-11(17)2/h9-11H,4-8H2,1-3H3. The Morgan fingerprint density at radius 3 is 2.70 bits per heavy atom. The number of nitro benzene ring substituents is 1. The van der Waals surface area contributed by atoms with Crippen molar-refractivity contribution in [2.75, 3.05) is 20.3 Å². The average Bonchev–Trinajstić information content (AvgIpc) is 2.54. The van der Waals surface area contributed by atoms with E-state index < -0.39 is 4.92 Å². The predicted molar refractivity (Wildman–Crippen MR) is 85.2 cm³/mol. The second-order valence-corrected chi connectivity index (χ2v) is 5.55. The summed E-state index contributed by atoms with van der Waals surface area (Å²) in [4.78, 5) is 25.3. The molecule has 1 aliphatic rings. The summed E-state index contributed by atoms with van der Waals surface area (Å²) in [5.41, 5.74) is -0.207. The SMILES string of the molecule is CCOc1cc(C(=O)N2CCCCC2C)c([N+](=O)[O-])cc1OC. The van der Waals surface area contributed by atoms with Gasteiger partial charge >= 0.3 is 0 Å². The molecule has 0 N–H and O–H groups in total. The number of likely N-dealkylation sites (tertiary alicyclic amines) is 1. The molecule has 1 amide bonds. The predicted octanol–water partition coefficient (Wildman–Crippen LogP) is 3.02. The van der Waals surface area contributed by atoms with E-state index in [1.807, 2.05) is 6.92 Å². The fourth-order valence-corrected chi connectivity index (χ4v) is 2.85. The Labute approximate surface area is 135 Å². The van der Waals surface area contributed by atoms with Crippen LogP contribution in [0.1, 0.15) is 43.5 Å². The lowest BCUT2D eigenvalue weighted by molar-refractivity contribution is -0.385. The second kappa shape index (κ2) is 7.30. The lowest BCUT2D eigenvalue weighted by Crippen LogP contribution is -2.42. The molecular formula is C16H22N2O5. The maximum atomic E-state index is 12.8. The maximum Gasteiger partial charge on any atom is 0.286 e. The molecule has 126 valence electrons. The van der Waals surface area contributed by atoms with Gasteiger partial charge in [-0.15, -0.1) is 0 Å². The normalized spacial score (nSPS) is 17.7. The third kappa shape index (κ3) is 3.55. The highest BCUT2D eigenvalue weighted by Gasteiger charge is 2.31. The Kier molecular flexibility index (Phi) is 5.41. The van der Waals surface area contributed by atoms with Crippen molar-refractivity contribution in [1.29, 1.82) is 0 Å². The van der Waals surface area contributed by atoms with Gasteiger partial charge in [0, 0.05) is 18.7 Å². The molecule has 0 aromatic heterocycles. The van der Waals surface area contributed by atoms with Gasteiger partial charge in [0.1, 0.15) is 5.56 Å². The quantitative estimate of drug-likeness (QED) is 0.615. The minimum atomic E-state index is -0.555. The summed E-state index contributed by atoms with van der Waals surface area (Å²) in [7, 11) is 1.41. The van der Waals surface area contributed by atoms with Gasteiger partial charge in [-0.2, -0.15) is 0 Å². The molecule has 1 atom stereocenters. The van der Waals surface area contributed by atoms with Crippen molar-refractivity contribution in [1.82, 2.24) is 4.90 Å². The summed E-state index contributed by atoms with van der Waals surface area (Å²) < 4.78 is 10.6. The van der Waals surface area contributed by atoms with Gasteiger partial charge in [0.05, 0.1) is 24.7 Å². The van der Waals surface area contributed by atoms with Gasteiger partial charge in [-0.05, 0) is 33.1 Å².